The monoisotopic (exact) mass is 242 g/mol. The fourth-order valence-corrected chi connectivity index (χ4v) is 2.14. The van der Waals surface area contributed by atoms with Gasteiger partial charge in [-0.2, -0.15) is 0 Å². The molecular weight excluding hydrogens is 220 g/mol. The van der Waals surface area contributed by atoms with Gasteiger partial charge < -0.3 is 15.3 Å². The van der Waals surface area contributed by atoms with E-state index in [0.717, 1.165) is 12.8 Å². The number of carbonyl (C=O) groups is 2. The lowest BCUT2D eigenvalue weighted by atomic mass is 9.95. The van der Waals surface area contributed by atoms with Crippen LogP contribution in [0.25, 0.3) is 0 Å². The molecule has 1 rings (SSSR count). The van der Waals surface area contributed by atoms with Crippen molar-refractivity contribution in [2.75, 3.05) is 6.54 Å². The summed E-state index contributed by atoms with van der Waals surface area (Å²) in [6, 6.07) is -0.845. The van der Waals surface area contributed by atoms with E-state index in [-0.39, 0.29) is 12.1 Å². The second kappa shape index (κ2) is 5.89. The zero-order valence-corrected chi connectivity index (χ0v) is 10.8. The van der Waals surface area contributed by atoms with Crippen molar-refractivity contribution in [3.63, 3.8) is 0 Å². The van der Waals surface area contributed by atoms with Crippen molar-refractivity contribution < 1.29 is 14.7 Å². The summed E-state index contributed by atoms with van der Waals surface area (Å²) in [5.41, 5.74) is 0. The van der Waals surface area contributed by atoms with Gasteiger partial charge in [0.05, 0.1) is 0 Å². The smallest absolute Gasteiger partial charge is 0.326 e. The van der Waals surface area contributed by atoms with Gasteiger partial charge >= 0.3 is 12.0 Å². The predicted octanol–water partition coefficient (Wildman–Crippen LogP) is 1.68. The lowest BCUT2D eigenvalue weighted by molar-refractivity contribution is -0.139. The van der Waals surface area contributed by atoms with Crippen molar-refractivity contribution in [2.24, 2.45) is 5.92 Å². The number of urea groups is 1. The van der Waals surface area contributed by atoms with E-state index in [1.165, 1.54) is 0 Å². The van der Waals surface area contributed by atoms with Crippen LogP contribution in [0.5, 0.6) is 0 Å². The van der Waals surface area contributed by atoms with Crippen molar-refractivity contribution in [3.05, 3.63) is 0 Å². The average molecular weight is 242 g/mol. The van der Waals surface area contributed by atoms with Gasteiger partial charge in [-0.3, -0.25) is 0 Å². The number of carboxylic acids is 1. The fraction of sp³-hybridized carbons (Fsp3) is 0.833. The van der Waals surface area contributed by atoms with Crippen LogP contribution < -0.4 is 5.32 Å². The molecule has 0 aliphatic carbocycles. The molecule has 3 atom stereocenters. The first-order chi connectivity index (χ1) is 7.95. The van der Waals surface area contributed by atoms with Crippen LogP contribution in [0.2, 0.25) is 0 Å². The maximum atomic E-state index is 12.0. The van der Waals surface area contributed by atoms with Gasteiger partial charge in [0.25, 0.3) is 0 Å². The van der Waals surface area contributed by atoms with Gasteiger partial charge in [-0.25, -0.2) is 9.59 Å². The molecule has 1 fully saturated rings. The summed E-state index contributed by atoms with van der Waals surface area (Å²) >= 11 is 0. The van der Waals surface area contributed by atoms with Gasteiger partial charge in [0.1, 0.15) is 6.04 Å². The second-order valence-corrected chi connectivity index (χ2v) is 4.93. The minimum absolute atomic E-state index is 0.192. The first kappa shape index (κ1) is 13.8. The molecule has 1 aliphatic rings. The largest absolute Gasteiger partial charge is 0.480 e. The molecule has 0 aromatic rings. The van der Waals surface area contributed by atoms with Crippen LogP contribution in [-0.2, 0) is 4.79 Å². The van der Waals surface area contributed by atoms with Crippen molar-refractivity contribution in [1.82, 2.24) is 10.2 Å². The third-order valence-electron chi connectivity index (χ3n) is 3.38. The van der Waals surface area contributed by atoms with E-state index in [1.54, 1.807) is 11.8 Å². The molecule has 0 saturated carbocycles. The van der Waals surface area contributed by atoms with Gasteiger partial charge in [-0.15, -0.1) is 0 Å². The number of likely N-dealkylation sites (tertiary alicyclic amines) is 1. The Morgan fingerprint density at radius 1 is 1.41 bits per heavy atom. The molecule has 1 aliphatic heterocycles. The highest BCUT2D eigenvalue weighted by Crippen LogP contribution is 2.21. The van der Waals surface area contributed by atoms with Crippen LogP contribution in [0.1, 0.15) is 40.0 Å². The maximum Gasteiger partial charge on any atom is 0.326 e. The number of hydrogen-bond donors (Lipinski definition) is 2. The van der Waals surface area contributed by atoms with E-state index >= 15 is 0 Å². The minimum atomic E-state index is -0.974. The van der Waals surface area contributed by atoms with E-state index in [2.05, 4.69) is 12.2 Å². The first-order valence-corrected chi connectivity index (χ1v) is 6.25. The molecule has 2 N–H and O–H groups in total. The van der Waals surface area contributed by atoms with Crippen molar-refractivity contribution in [3.8, 4) is 0 Å². The number of aliphatic carboxylic acids is 1. The third-order valence-corrected chi connectivity index (χ3v) is 3.38. The van der Waals surface area contributed by atoms with Crippen LogP contribution in [0.3, 0.4) is 0 Å². The van der Waals surface area contributed by atoms with Crippen LogP contribution in [-0.4, -0.2) is 40.6 Å². The molecule has 1 saturated heterocycles. The molecule has 2 unspecified atom stereocenters. The number of piperidine rings is 1. The fourth-order valence-electron chi connectivity index (χ4n) is 2.14. The predicted molar refractivity (Wildman–Crippen MR) is 64.8 cm³/mol. The lowest BCUT2D eigenvalue weighted by Crippen LogP contribution is -2.53. The van der Waals surface area contributed by atoms with Crippen LogP contribution in [0.4, 0.5) is 4.79 Å². The quantitative estimate of drug-likeness (QED) is 0.791. The Labute approximate surface area is 102 Å². The normalized spacial score (nSPS) is 26.4. The minimum Gasteiger partial charge on any atom is -0.480 e. The Morgan fingerprint density at radius 2 is 2.06 bits per heavy atom. The molecule has 0 spiro atoms. The van der Waals surface area contributed by atoms with E-state index in [4.69, 9.17) is 5.11 Å². The lowest BCUT2D eigenvalue weighted by Gasteiger charge is -2.37. The van der Waals surface area contributed by atoms with E-state index < -0.39 is 12.0 Å². The molecule has 0 radical (unpaired) electrons. The van der Waals surface area contributed by atoms with Gasteiger partial charge in [0.2, 0.25) is 0 Å². The molecule has 5 heteroatoms. The maximum absolute atomic E-state index is 12.0. The highest BCUT2D eigenvalue weighted by Gasteiger charge is 2.29. The van der Waals surface area contributed by atoms with Crippen molar-refractivity contribution in [2.45, 2.75) is 52.1 Å². The summed E-state index contributed by atoms with van der Waals surface area (Å²) in [6.07, 6.45) is 2.51. The molecule has 98 valence electrons. The number of nitrogens with zero attached hydrogens (tertiary/aromatic N) is 1. The Bertz CT molecular complexity index is 293. The number of carboxylic acid groups (broad SMARTS) is 1. The Hall–Kier alpha value is -1.26. The van der Waals surface area contributed by atoms with Crippen molar-refractivity contribution >= 4 is 12.0 Å². The van der Waals surface area contributed by atoms with Crippen LogP contribution >= 0.6 is 0 Å². The standard InChI is InChI=1S/C12H22N2O3/c1-4-10(11(15)16)13-12(17)14-7-8(2)5-6-9(14)3/h8-10H,4-7H2,1-3H3,(H,13,17)(H,15,16)/t8?,9?,10-/m0/s1. The molecule has 0 aromatic carbocycles. The summed E-state index contributed by atoms with van der Waals surface area (Å²) in [4.78, 5) is 24.6. The Morgan fingerprint density at radius 3 is 2.59 bits per heavy atom. The molecule has 0 bridgehead atoms. The molecule has 0 aromatic heterocycles. The summed E-state index contributed by atoms with van der Waals surface area (Å²) in [7, 11) is 0. The highest BCUT2D eigenvalue weighted by molar-refractivity contribution is 5.82. The average Bonchev–Trinajstić information content (AvgIpc) is 2.28. The number of amides is 2. The number of rotatable bonds is 3. The molecule has 5 nitrogen and oxygen atoms in total. The van der Waals surface area contributed by atoms with Gasteiger partial charge in [0.15, 0.2) is 0 Å². The zero-order chi connectivity index (χ0) is 13.0. The summed E-state index contributed by atoms with van der Waals surface area (Å²) in [5.74, 6) is -0.486. The van der Waals surface area contributed by atoms with Gasteiger partial charge in [-0.1, -0.05) is 13.8 Å². The van der Waals surface area contributed by atoms with Crippen molar-refractivity contribution in [1.29, 1.82) is 0 Å². The van der Waals surface area contributed by atoms with Crippen LogP contribution in [0.15, 0.2) is 0 Å². The number of carbonyl (C=O) groups excluding carboxylic acids is 1. The molecular formula is C12H22N2O3. The van der Waals surface area contributed by atoms with E-state index in [0.29, 0.717) is 18.9 Å². The van der Waals surface area contributed by atoms with E-state index in [1.807, 2.05) is 6.92 Å². The Kier molecular flexibility index (Phi) is 4.78. The summed E-state index contributed by atoms with van der Waals surface area (Å²) in [5, 5.41) is 11.5. The first-order valence-electron chi connectivity index (χ1n) is 6.25. The molecule has 17 heavy (non-hydrogen) atoms. The zero-order valence-electron chi connectivity index (χ0n) is 10.8. The number of hydrogen-bond acceptors (Lipinski definition) is 2. The van der Waals surface area contributed by atoms with E-state index in [9.17, 15) is 9.59 Å². The van der Waals surface area contributed by atoms with Gasteiger partial charge in [0, 0.05) is 12.6 Å². The molecule has 2 amide bonds. The topological polar surface area (TPSA) is 69.6 Å². The number of nitrogens with one attached hydrogen (secondary N) is 1. The molecule has 1 heterocycles. The van der Waals surface area contributed by atoms with Gasteiger partial charge in [-0.05, 0) is 32.1 Å². The summed E-state index contributed by atoms with van der Waals surface area (Å²) in [6.45, 7) is 6.58. The second-order valence-electron chi connectivity index (χ2n) is 4.93. The Balaban J connectivity index is 2.59. The third kappa shape index (κ3) is 3.61. The highest BCUT2D eigenvalue weighted by atomic mass is 16.4. The summed E-state index contributed by atoms with van der Waals surface area (Å²) < 4.78 is 0. The SMILES string of the molecule is CC[C@H](NC(=O)N1CC(C)CCC1C)C(=O)O. The van der Waals surface area contributed by atoms with Crippen LogP contribution in [0, 0.1) is 5.92 Å².